The van der Waals surface area contributed by atoms with Crippen LogP contribution in [-0.2, 0) is 0 Å². The zero-order valence-corrected chi connectivity index (χ0v) is 22.5. The molecule has 2 aliphatic rings. The molecule has 5 aromatic heterocycles. The number of aliphatic imine (C=N–C) groups is 1. The largest absolute Gasteiger partial charge is 0.298 e. The molecule has 1 aliphatic carbocycles. The van der Waals surface area contributed by atoms with E-state index >= 15 is 0 Å². The number of rotatable bonds is 4. The third-order valence-electron chi connectivity index (χ3n) is 7.65. The second kappa shape index (κ2) is 10.0. The van der Waals surface area contributed by atoms with Crippen molar-refractivity contribution in [3.63, 3.8) is 0 Å². The Balaban J connectivity index is 1.25. The minimum atomic E-state index is 0.0560. The lowest BCUT2D eigenvalue weighted by molar-refractivity contribution is 1.01. The molecule has 1 unspecified atom stereocenters. The molecule has 198 valence electrons. The summed E-state index contributed by atoms with van der Waals surface area (Å²) in [5.74, 6) is 0.0560. The van der Waals surface area contributed by atoms with Crippen LogP contribution in [0, 0.1) is 0 Å². The van der Waals surface area contributed by atoms with Gasteiger partial charge in [0.1, 0.15) is 5.65 Å². The van der Waals surface area contributed by atoms with Crippen LogP contribution in [0.2, 0.25) is 0 Å². The molecule has 6 heterocycles. The fourth-order valence-corrected chi connectivity index (χ4v) is 5.60. The van der Waals surface area contributed by atoms with E-state index < -0.39 is 0 Å². The Morgan fingerprint density at radius 3 is 2.02 bits per heavy atom. The van der Waals surface area contributed by atoms with E-state index in [1.807, 2.05) is 48.5 Å². The van der Waals surface area contributed by atoms with E-state index in [-0.39, 0.29) is 5.92 Å². The topological polar surface area (TPSA) is 68.3 Å². The second-order valence-electron chi connectivity index (χ2n) is 10.3. The first-order valence-corrected chi connectivity index (χ1v) is 13.9. The molecule has 42 heavy (non-hydrogen) atoms. The van der Waals surface area contributed by atoms with Gasteiger partial charge in [-0.3, -0.25) is 14.4 Å². The van der Waals surface area contributed by atoms with Crippen molar-refractivity contribution in [1.29, 1.82) is 0 Å². The molecular weight excluding hydrogens is 516 g/mol. The van der Waals surface area contributed by atoms with Crippen molar-refractivity contribution in [3.05, 3.63) is 163 Å². The quantitative estimate of drug-likeness (QED) is 0.233. The van der Waals surface area contributed by atoms with Gasteiger partial charge in [0, 0.05) is 53.6 Å². The van der Waals surface area contributed by atoms with E-state index in [1.54, 1.807) is 24.8 Å². The Morgan fingerprint density at radius 1 is 0.619 bits per heavy atom. The summed E-state index contributed by atoms with van der Waals surface area (Å²) in [5.41, 5.74) is 11.8. The second-order valence-corrected chi connectivity index (χ2v) is 10.3. The van der Waals surface area contributed by atoms with Crippen molar-refractivity contribution >= 4 is 11.4 Å². The molecule has 2 bridgehead atoms. The number of aromatic nitrogens is 5. The number of benzene rings is 1. The van der Waals surface area contributed by atoms with Gasteiger partial charge in [0.25, 0.3) is 0 Å². The van der Waals surface area contributed by atoms with Crippen LogP contribution < -0.4 is 0 Å². The molecule has 0 saturated heterocycles. The molecule has 6 aromatic rings. The van der Waals surface area contributed by atoms with Crippen LogP contribution in [0.4, 0.5) is 0 Å². The number of pyridine rings is 4. The van der Waals surface area contributed by atoms with Crippen LogP contribution in [0.5, 0.6) is 0 Å². The van der Waals surface area contributed by atoms with E-state index in [9.17, 15) is 0 Å². The molecule has 1 aliphatic heterocycles. The van der Waals surface area contributed by atoms with Crippen molar-refractivity contribution in [2.75, 3.05) is 0 Å². The number of fused-ring (bicyclic) bond motifs is 5. The van der Waals surface area contributed by atoms with E-state index in [1.165, 1.54) is 0 Å². The standard InChI is InChI=1S/C36H24N6/c1-2-6-30-21-28(5-1)35-36(42-20-4-3-7-33(42)41-35)34(39-30)27-10-8-24(9-11-27)29-22-31(25-12-16-37-17-13-25)40-32(23-29)26-14-18-38-19-15-26/h1-23,28H. The summed E-state index contributed by atoms with van der Waals surface area (Å²) in [6, 6.07) is 27.0. The molecule has 0 fully saturated rings. The van der Waals surface area contributed by atoms with Crippen LogP contribution in [0.1, 0.15) is 22.9 Å². The zero-order chi connectivity index (χ0) is 27.9. The van der Waals surface area contributed by atoms with E-state index in [0.29, 0.717) is 0 Å². The minimum Gasteiger partial charge on any atom is -0.298 e. The monoisotopic (exact) mass is 540 g/mol. The van der Waals surface area contributed by atoms with Crippen molar-refractivity contribution in [3.8, 4) is 33.6 Å². The normalized spacial score (nSPS) is 15.5. The summed E-state index contributed by atoms with van der Waals surface area (Å²) < 4.78 is 2.15. The minimum absolute atomic E-state index is 0.0560. The zero-order valence-electron chi connectivity index (χ0n) is 22.5. The van der Waals surface area contributed by atoms with Gasteiger partial charge in [-0.2, -0.15) is 0 Å². The number of imidazole rings is 1. The summed E-state index contributed by atoms with van der Waals surface area (Å²) in [7, 11) is 0. The molecule has 8 rings (SSSR count). The molecular formula is C36H24N6. The number of nitrogens with zero attached hydrogens (tertiary/aromatic N) is 6. The fourth-order valence-electron chi connectivity index (χ4n) is 5.60. The molecule has 6 heteroatoms. The highest BCUT2D eigenvalue weighted by Crippen LogP contribution is 2.34. The van der Waals surface area contributed by atoms with Gasteiger partial charge >= 0.3 is 0 Å². The van der Waals surface area contributed by atoms with Crippen molar-refractivity contribution in [1.82, 2.24) is 24.3 Å². The maximum Gasteiger partial charge on any atom is 0.137 e. The highest BCUT2D eigenvalue weighted by molar-refractivity contribution is 6.14. The molecule has 6 nitrogen and oxygen atoms in total. The van der Waals surface area contributed by atoms with Crippen LogP contribution in [0.25, 0.3) is 39.3 Å². The average Bonchev–Trinajstić information content (AvgIpc) is 3.18. The molecule has 1 atom stereocenters. The third-order valence-corrected chi connectivity index (χ3v) is 7.65. The van der Waals surface area contributed by atoms with E-state index in [2.05, 4.69) is 81.3 Å². The first kappa shape index (κ1) is 24.1. The Labute approximate surface area is 242 Å². The summed E-state index contributed by atoms with van der Waals surface area (Å²) in [6.07, 6.45) is 19.8. The van der Waals surface area contributed by atoms with Crippen LogP contribution in [-0.4, -0.2) is 30.0 Å². The smallest absolute Gasteiger partial charge is 0.137 e. The molecule has 1 aromatic carbocycles. The predicted molar refractivity (Wildman–Crippen MR) is 166 cm³/mol. The Morgan fingerprint density at radius 2 is 1.31 bits per heavy atom. The van der Waals surface area contributed by atoms with E-state index in [4.69, 9.17) is 15.0 Å². The van der Waals surface area contributed by atoms with Crippen LogP contribution in [0.15, 0.2) is 151 Å². The van der Waals surface area contributed by atoms with Crippen molar-refractivity contribution in [2.24, 2.45) is 4.99 Å². The highest BCUT2D eigenvalue weighted by atomic mass is 15.0. The Bertz CT molecular complexity index is 2010. The first-order chi connectivity index (χ1) is 20.8. The molecule has 0 saturated carbocycles. The van der Waals surface area contributed by atoms with Gasteiger partial charge in [-0.25, -0.2) is 15.0 Å². The lowest BCUT2D eigenvalue weighted by Gasteiger charge is -2.12. The lowest BCUT2D eigenvalue weighted by Crippen LogP contribution is -2.10. The molecule has 0 radical (unpaired) electrons. The third kappa shape index (κ3) is 4.26. The van der Waals surface area contributed by atoms with Crippen LogP contribution >= 0.6 is 0 Å². The van der Waals surface area contributed by atoms with Crippen molar-refractivity contribution < 1.29 is 0 Å². The number of hydrogen-bond donors (Lipinski definition) is 0. The summed E-state index contributed by atoms with van der Waals surface area (Å²) in [4.78, 5) is 23.6. The molecule has 0 N–H and O–H groups in total. The van der Waals surface area contributed by atoms with Gasteiger partial charge in [0.05, 0.1) is 34.2 Å². The number of hydrogen-bond acceptors (Lipinski definition) is 5. The lowest BCUT2D eigenvalue weighted by atomic mass is 9.96. The van der Waals surface area contributed by atoms with Gasteiger partial charge in [-0.15, -0.1) is 0 Å². The van der Waals surface area contributed by atoms with Crippen LogP contribution in [0.3, 0.4) is 0 Å². The van der Waals surface area contributed by atoms with Gasteiger partial charge in [0.15, 0.2) is 0 Å². The van der Waals surface area contributed by atoms with Gasteiger partial charge in [0.2, 0.25) is 0 Å². The molecule has 0 amide bonds. The first-order valence-electron chi connectivity index (χ1n) is 13.9. The van der Waals surface area contributed by atoms with Gasteiger partial charge in [-0.05, 0) is 71.8 Å². The summed E-state index contributed by atoms with van der Waals surface area (Å²) in [5, 5.41) is 0. The van der Waals surface area contributed by atoms with E-state index in [0.717, 1.165) is 67.6 Å². The highest BCUT2D eigenvalue weighted by Gasteiger charge is 2.26. The maximum atomic E-state index is 5.17. The maximum absolute atomic E-state index is 5.17. The van der Waals surface area contributed by atoms with Crippen molar-refractivity contribution in [2.45, 2.75) is 5.92 Å². The predicted octanol–water partition coefficient (Wildman–Crippen LogP) is 7.46. The summed E-state index contributed by atoms with van der Waals surface area (Å²) >= 11 is 0. The average molecular weight is 541 g/mol. The number of allylic oxidation sites excluding steroid dienone is 5. The Hall–Kier alpha value is -5.75. The van der Waals surface area contributed by atoms with Gasteiger partial charge in [-0.1, -0.05) is 48.6 Å². The molecule has 0 spiro atoms. The summed E-state index contributed by atoms with van der Waals surface area (Å²) in [6.45, 7) is 0. The van der Waals surface area contributed by atoms with Gasteiger partial charge < -0.3 is 0 Å². The Kier molecular flexibility index (Phi) is 5.74. The SMILES string of the molecule is C1=CC2=CC(C=C1)c1nc3ccccn3c1C(c1ccc(-c3cc(-c4ccncc4)nc(-c4ccncc4)c3)cc1)=N2. The fraction of sp³-hybridized carbons (Fsp3) is 0.0278.